The highest BCUT2D eigenvalue weighted by Gasteiger charge is 2.28. The molecule has 0 saturated carbocycles. The molecule has 8 nitrogen and oxygen atoms in total. The maximum absolute atomic E-state index is 12.9. The SMILES string of the molecule is COc1ccc(NC(=O)[C@@H]2CCCN(c3nnc(-n4cccc4)s3)C2)c(OC)c1. The van der Waals surface area contributed by atoms with Crippen molar-refractivity contribution in [2.45, 2.75) is 12.8 Å². The first-order valence-electron chi connectivity index (χ1n) is 9.42. The van der Waals surface area contributed by atoms with Crippen molar-refractivity contribution in [3.8, 4) is 16.6 Å². The molecule has 0 unspecified atom stereocenters. The van der Waals surface area contributed by atoms with Crippen molar-refractivity contribution in [1.82, 2.24) is 14.8 Å². The van der Waals surface area contributed by atoms with E-state index in [0.717, 1.165) is 29.6 Å². The van der Waals surface area contributed by atoms with Gasteiger partial charge in [-0.1, -0.05) is 11.3 Å². The number of ether oxygens (including phenoxy) is 2. The molecule has 4 rings (SSSR count). The number of methoxy groups -OCH3 is 2. The molecule has 1 amide bonds. The van der Waals surface area contributed by atoms with Gasteiger partial charge in [-0.2, -0.15) is 0 Å². The summed E-state index contributed by atoms with van der Waals surface area (Å²) in [5, 5.41) is 13.3. The second-order valence-corrected chi connectivity index (χ2v) is 7.73. The number of carbonyl (C=O) groups is 1. The van der Waals surface area contributed by atoms with Crippen molar-refractivity contribution in [3.63, 3.8) is 0 Å². The number of benzene rings is 1. The standard InChI is InChI=1S/C20H23N5O3S/c1-27-15-7-8-16(17(12-15)28-2)21-18(26)14-6-5-11-25(13-14)20-23-22-19(29-20)24-9-3-4-10-24/h3-4,7-10,12,14H,5-6,11,13H2,1-2H3,(H,21,26)/t14-/m1/s1. The van der Waals surface area contributed by atoms with Crippen LogP contribution in [0, 0.1) is 5.92 Å². The Bertz CT molecular complexity index is 972. The van der Waals surface area contributed by atoms with Crippen molar-refractivity contribution >= 4 is 28.1 Å². The highest BCUT2D eigenvalue weighted by Crippen LogP contribution is 2.31. The fourth-order valence-corrected chi connectivity index (χ4v) is 4.25. The Balaban J connectivity index is 1.44. The zero-order chi connectivity index (χ0) is 20.2. The molecular formula is C20H23N5O3S. The van der Waals surface area contributed by atoms with Crippen molar-refractivity contribution in [3.05, 3.63) is 42.7 Å². The quantitative estimate of drug-likeness (QED) is 0.668. The van der Waals surface area contributed by atoms with Gasteiger partial charge < -0.3 is 19.7 Å². The van der Waals surface area contributed by atoms with Gasteiger partial charge in [-0.15, -0.1) is 10.2 Å². The first-order chi connectivity index (χ1) is 14.2. The maximum Gasteiger partial charge on any atom is 0.229 e. The van der Waals surface area contributed by atoms with E-state index < -0.39 is 0 Å². The summed E-state index contributed by atoms with van der Waals surface area (Å²) < 4.78 is 12.5. The van der Waals surface area contributed by atoms with Gasteiger partial charge in [-0.3, -0.25) is 9.36 Å². The largest absolute Gasteiger partial charge is 0.497 e. The molecule has 1 saturated heterocycles. The van der Waals surface area contributed by atoms with Crippen LogP contribution in [-0.2, 0) is 4.79 Å². The number of anilines is 2. The molecule has 0 radical (unpaired) electrons. The average molecular weight is 414 g/mol. The molecule has 1 aromatic carbocycles. The van der Waals surface area contributed by atoms with E-state index in [1.807, 2.05) is 29.1 Å². The minimum Gasteiger partial charge on any atom is -0.497 e. The molecule has 9 heteroatoms. The lowest BCUT2D eigenvalue weighted by Crippen LogP contribution is -2.40. The van der Waals surface area contributed by atoms with E-state index in [2.05, 4.69) is 20.4 Å². The van der Waals surface area contributed by atoms with E-state index in [4.69, 9.17) is 9.47 Å². The van der Waals surface area contributed by atoms with E-state index >= 15 is 0 Å². The second-order valence-electron chi connectivity index (χ2n) is 6.80. The molecule has 0 aliphatic carbocycles. The summed E-state index contributed by atoms with van der Waals surface area (Å²) in [5.74, 6) is 1.10. The monoisotopic (exact) mass is 413 g/mol. The van der Waals surface area contributed by atoms with Gasteiger partial charge >= 0.3 is 0 Å². The van der Waals surface area contributed by atoms with Crippen LogP contribution in [0.2, 0.25) is 0 Å². The van der Waals surface area contributed by atoms with Gasteiger partial charge in [0.1, 0.15) is 11.5 Å². The molecule has 152 valence electrons. The molecule has 0 spiro atoms. The number of amides is 1. The second kappa shape index (κ2) is 8.52. The molecule has 1 fully saturated rings. The van der Waals surface area contributed by atoms with Gasteiger partial charge in [0.2, 0.25) is 16.2 Å². The zero-order valence-corrected chi connectivity index (χ0v) is 17.2. The summed E-state index contributed by atoms with van der Waals surface area (Å²) in [6.45, 7) is 1.49. The first-order valence-corrected chi connectivity index (χ1v) is 10.2. The lowest BCUT2D eigenvalue weighted by molar-refractivity contribution is -0.120. The van der Waals surface area contributed by atoms with Gasteiger partial charge in [0, 0.05) is 31.5 Å². The Morgan fingerprint density at radius 1 is 1.17 bits per heavy atom. The number of aromatic nitrogens is 3. The van der Waals surface area contributed by atoms with Gasteiger partial charge in [0.05, 0.1) is 25.8 Å². The van der Waals surface area contributed by atoms with Crippen LogP contribution in [0.15, 0.2) is 42.7 Å². The summed E-state index contributed by atoms with van der Waals surface area (Å²) >= 11 is 1.53. The van der Waals surface area contributed by atoms with Crippen LogP contribution in [-0.4, -0.2) is 48.0 Å². The molecule has 29 heavy (non-hydrogen) atoms. The van der Waals surface area contributed by atoms with Crippen molar-refractivity contribution in [1.29, 1.82) is 0 Å². The van der Waals surface area contributed by atoms with Crippen LogP contribution in [0.3, 0.4) is 0 Å². The Morgan fingerprint density at radius 2 is 1.97 bits per heavy atom. The Kier molecular flexibility index (Phi) is 5.66. The number of hydrogen-bond acceptors (Lipinski definition) is 7. The third-order valence-corrected chi connectivity index (χ3v) is 5.96. The third kappa shape index (κ3) is 4.19. The van der Waals surface area contributed by atoms with Gasteiger partial charge in [-0.05, 0) is 37.1 Å². The molecule has 1 N–H and O–H groups in total. The Labute approximate surface area is 173 Å². The van der Waals surface area contributed by atoms with Gasteiger partial charge in [-0.25, -0.2) is 0 Å². The third-order valence-electron chi connectivity index (χ3n) is 4.96. The highest BCUT2D eigenvalue weighted by atomic mass is 32.1. The van der Waals surface area contributed by atoms with Crippen LogP contribution < -0.4 is 19.7 Å². The first kappa shape index (κ1) is 19.3. The summed E-state index contributed by atoms with van der Waals surface area (Å²) in [7, 11) is 3.17. The number of piperidine rings is 1. The smallest absolute Gasteiger partial charge is 0.229 e. The van der Waals surface area contributed by atoms with E-state index in [1.54, 1.807) is 32.4 Å². The summed E-state index contributed by atoms with van der Waals surface area (Å²) in [5.41, 5.74) is 0.640. The fourth-order valence-electron chi connectivity index (χ4n) is 3.40. The topological polar surface area (TPSA) is 81.5 Å². The fraction of sp³-hybridized carbons (Fsp3) is 0.350. The van der Waals surface area contributed by atoms with E-state index in [9.17, 15) is 4.79 Å². The predicted molar refractivity (Wildman–Crippen MR) is 112 cm³/mol. The van der Waals surface area contributed by atoms with Crippen molar-refractivity contribution in [2.24, 2.45) is 5.92 Å². The minimum absolute atomic E-state index is 0.0201. The molecule has 1 aliphatic rings. The van der Waals surface area contributed by atoms with Crippen LogP contribution in [0.1, 0.15) is 12.8 Å². The molecule has 3 aromatic rings. The van der Waals surface area contributed by atoms with Crippen LogP contribution in [0.25, 0.3) is 5.13 Å². The van der Waals surface area contributed by atoms with Crippen molar-refractivity contribution < 1.29 is 14.3 Å². The molecule has 1 aliphatic heterocycles. The Hall–Kier alpha value is -3.07. The number of nitrogens with one attached hydrogen (secondary N) is 1. The molecule has 2 aromatic heterocycles. The number of hydrogen-bond donors (Lipinski definition) is 1. The van der Waals surface area contributed by atoms with Crippen LogP contribution in [0.4, 0.5) is 10.8 Å². The zero-order valence-electron chi connectivity index (χ0n) is 16.4. The number of carbonyl (C=O) groups excluding carboxylic acids is 1. The van der Waals surface area contributed by atoms with Crippen LogP contribution >= 0.6 is 11.3 Å². The summed E-state index contributed by atoms with van der Waals surface area (Å²) in [6.07, 6.45) is 5.65. The Morgan fingerprint density at radius 3 is 2.72 bits per heavy atom. The van der Waals surface area contributed by atoms with Crippen molar-refractivity contribution in [2.75, 3.05) is 37.5 Å². The van der Waals surface area contributed by atoms with Crippen LogP contribution in [0.5, 0.6) is 11.5 Å². The van der Waals surface area contributed by atoms with E-state index in [1.165, 1.54) is 11.3 Å². The summed E-state index contributed by atoms with van der Waals surface area (Å²) in [4.78, 5) is 15.0. The molecule has 1 atom stereocenters. The maximum atomic E-state index is 12.9. The average Bonchev–Trinajstić information content (AvgIpc) is 3.46. The summed E-state index contributed by atoms with van der Waals surface area (Å²) in [6, 6.07) is 9.26. The highest BCUT2D eigenvalue weighted by molar-refractivity contribution is 7.17. The predicted octanol–water partition coefficient (Wildman–Crippen LogP) is 3.20. The minimum atomic E-state index is -0.130. The van der Waals surface area contributed by atoms with E-state index in [0.29, 0.717) is 23.7 Å². The molecular weight excluding hydrogens is 390 g/mol. The van der Waals surface area contributed by atoms with Gasteiger partial charge in [0.25, 0.3) is 0 Å². The lowest BCUT2D eigenvalue weighted by Gasteiger charge is -2.31. The number of rotatable bonds is 6. The van der Waals surface area contributed by atoms with Gasteiger partial charge in [0.15, 0.2) is 0 Å². The van der Waals surface area contributed by atoms with E-state index in [-0.39, 0.29) is 11.8 Å². The molecule has 0 bridgehead atoms. The normalized spacial score (nSPS) is 16.5. The molecule has 3 heterocycles. The lowest BCUT2D eigenvalue weighted by atomic mass is 9.97. The number of nitrogens with zero attached hydrogens (tertiary/aromatic N) is 4.